The van der Waals surface area contributed by atoms with Gasteiger partial charge in [-0.2, -0.15) is 0 Å². The van der Waals surface area contributed by atoms with E-state index in [9.17, 15) is 0 Å². The van der Waals surface area contributed by atoms with E-state index in [-0.39, 0.29) is 0 Å². The van der Waals surface area contributed by atoms with E-state index in [1.807, 2.05) is 0 Å². The van der Waals surface area contributed by atoms with Crippen LogP contribution in [0.25, 0.3) is 0 Å². The Morgan fingerprint density at radius 1 is 1.10 bits per heavy atom. The molecule has 5 nitrogen and oxygen atoms in total. The van der Waals surface area contributed by atoms with Crippen molar-refractivity contribution in [1.82, 2.24) is 10.2 Å². The molecular weight excluding hydrogens is 336 g/mol. The van der Waals surface area contributed by atoms with Gasteiger partial charge >= 0.3 is 0 Å². The van der Waals surface area contributed by atoms with E-state index in [4.69, 9.17) is 14.2 Å². The number of hydrogen-bond donors (Lipinski definition) is 1. The zero-order valence-corrected chi connectivity index (χ0v) is 13.7. The van der Waals surface area contributed by atoms with Crippen molar-refractivity contribution in [2.24, 2.45) is 0 Å². The number of rotatable bonds is 5. The number of ether oxygens (including phenoxy) is 3. The van der Waals surface area contributed by atoms with Gasteiger partial charge in [0.25, 0.3) is 0 Å². The Hall–Kier alpha value is -0.820. The lowest BCUT2D eigenvalue weighted by molar-refractivity contribution is 0.0384. The number of halogens is 1. The Labute approximate surface area is 133 Å². The number of fused-ring (bicyclic) bond motifs is 1. The Balaban J connectivity index is 1.47. The second-order valence-corrected chi connectivity index (χ2v) is 6.09. The van der Waals surface area contributed by atoms with Crippen LogP contribution in [-0.2, 0) is 11.3 Å². The van der Waals surface area contributed by atoms with E-state index < -0.39 is 0 Å². The van der Waals surface area contributed by atoms with Crippen LogP contribution in [0.4, 0.5) is 0 Å². The summed E-state index contributed by atoms with van der Waals surface area (Å²) < 4.78 is 17.6. The highest BCUT2D eigenvalue weighted by Crippen LogP contribution is 2.38. The molecule has 3 rings (SSSR count). The molecule has 0 spiro atoms. The van der Waals surface area contributed by atoms with Gasteiger partial charge in [0.2, 0.25) is 0 Å². The molecule has 0 unspecified atom stereocenters. The minimum absolute atomic E-state index is 0.614. The largest absolute Gasteiger partial charge is 0.486 e. The summed E-state index contributed by atoms with van der Waals surface area (Å²) >= 11 is 3.55. The number of nitrogens with zero attached hydrogens (tertiary/aromatic N) is 1. The van der Waals surface area contributed by atoms with Gasteiger partial charge in [0.1, 0.15) is 13.2 Å². The van der Waals surface area contributed by atoms with Crippen LogP contribution in [0.2, 0.25) is 0 Å². The van der Waals surface area contributed by atoms with Crippen LogP contribution < -0.4 is 14.8 Å². The predicted molar refractivity (Wildman–Crippen MR) is 84.1 cm³/mol. The molecule has 0 amide bonds. The molecule has 1 aromatic rings. The number of nitrogens with one attached hydrogen (secondary N) is 1. The number of hydrogen-bond acceptors (Lipinski definition) is 5. The van der Waals surface area contributed by atoms with Crippen LogP contribution in [0, 0.1) is 0 Å². The fourth-order valence-electron chi connectivity index (χ4n) is 2.56. The van der Waals surface area contributed by atoms with E-state index in [1.54, 1.807) is 0 Å². The van der Waals surface area contributed by atoms with Gasteiger partial charge in [0, 0.05) is 32.7 Å². The maximum atomic E-state index is 5.64. The van der Waals surface area contributed by atoms with Crippen molar-refractivity contribution in [2.75, 3.05) is 52.6 Å². The van der Waals surface area contributed by atoms with Crippen LogP contribution in [0.1, 0.15) is 5.56 Å². The lowest BCUT2D eigenvalue weighted by Gasteiger charge is -2.26. The minimum atomic E-state index is 0.614. The van der Waals surface area contributed by atoms with Crippen LogP contribution in [0.3, 0.4) is 0 Å². The fourth-order valence-corrected chi connectivity index (χ4v) is 3.16. The van der Waals surface area contributed by atoms with Crippen molar-refractivity contribution in [3.63, 3.8) is 0 Å². The first kappa shape index (κ1) is 15.1. The van der Waals surface area contributed by atoms with Crippen molar-refractivity contribution < 1.29 is 14.2 Å². The molecule has 1 saturated heterocycles. The summed E-state index contributed by atoms with van der Waals surface area (Å²) in [6.45, 7) is 7.90. The Morgan fingerprint density at radius 2 is 1.90 bits per heavy atom. The van der Waals surface area contributed by atoms with Crippen molar-refractivity contribution in [2.45, 2.75) is 6.54 Å². The third kappa shape index (κ3) is 4.10. The molecule has 21 heavy (non-hydrogen) atoms. The average Bonchev–Trinajstić information content (AvgIpc) is 2.53. The molecule has 0 aromatic heterocycles. The summed E-state index contributed by atoms with van der Waals surface area (Å²) in [6.07, 6.45) is 0. The van der Waals surface area contributed by atoms with E-state index >= 15 is 0 Å². The number of morpholine rings is 1. The molecule has 2 aliphatic heterocycles. The summed E-state index contributed by atoms with van der Waals surface area (Å²) in [4.78, 5) is 2.43. The molecule has 0 bridgehead atoms. The summed E-state index contributed by atoms with van der Waals surface area (Å²) in [5.74, 6) is 1.65. The van der Waals surface area contributed by atoms with E-state index in [0.29, 0.717) is 13.2 Å². The normalized spacial score (nSPS) is 18.7. The molecule has 1 N–H and O–H groups in total. The van der Waals surface area contributed by atoms with Gasteiger partial charge in [-0.3, -0.25) is 4.90 Å². The molecule has 0 radical (unpaired) electrons. The van der Waals surface area contributed by atoms with Gasteiger partial charge < -0.3 is 19.5 Å². The standard InChI is InChI=1S/C15H21BrN2O3/c16-13-9-12(10-14-15(13)21-8-7-20-14)11-17-1-2-18-3-5-19-6-4-18/h9-10,17H,1-8,11H2. The van der Waals surface area contributed by atoms with Crippen molar-refractivity contribution >= 4 is 15.9 Å². The molecular formula is C15H21BrN2O3. The summed E-state index contributed by atoms with van der Waals surface area (Å²) in [6, 6.07) is 4.15. The Bertz CT molecular complexity index is 478. The van der Waals surface area contributed by atoms with Crippen LogP contribution in [0.15, 0.2) is 16.6 Å². The van der Waals surface area contributed by atoms with E-state index in [1.165, 1.54) is 5.56 Å². The quantitative estimate of drug-likeness (QED) is 0.812. The van der Waals surface area contributed by atoms with Crippen LogP contribution >= 0.6 is 15.9 Å². The third-order valence-corrected chi connectivity index (χ3v) is 4.28. The molecule has 0 atom stereocenters. The summed E-state index contributed by atoms with van der Waals surface area (Å²) in [7, 11) is 0. The van der Waals surface area contributed by atoms with Crippen molar-refractivity contribution in [3.8, 4) is 11.5 Å². The molecule has 1 aromatic carbocycles. The molecule has 116 valence electrons. The molecule has 0 saturated carbocycles. The first-order valence-corrected chi connectivity index (χ1v) is 8.21. The van der Waals surface area contributed by atoms with Gasteiger partial charge in [-0.25, -0.2) is 0 Å². The molecule has 2 aliphatic rings. The van der Waals surface area contributed by atoms with Gasteiger partial charge in [-0.15, -0.1) is 0 Å². The minimum Gasteiger partial charge on any atom is -0.486 e. The smallest absolute Gasteiger partial charge is 0.175 e. The second-order valence-electron chi connectivity index (χ2n) is 5.23. The monoisotopic (exact) mass is 356 g/mol. The first-order chi connectivity index (χ1) is 10.3. The highest BCUT2D eigenvalue weighted by atomic mass is 79.9. The van der Waals surface area contributed by atoms with Gasteiger partial charge in [0.15, 0.2) is 11.5 Å². The molecule has 1 fully saturated rings. The average molecular weight is 357 g/mol. The molecule has 2 heterocycles. The number of benzene rings is 1. The van der Waals surface area contributed by atoms with E-state index in [0.717, 1.165) is 61.9 Å². The first-order valence-electron chi connectivity index (χ1n) is 7.42. The van der Waals surface area contributed by atoms with Gasteiger partial charge in [-0.05, 0) is 33.6 Å². The molecule has 6 heteroatoms. The lowest BCUT2D eigenvalue weighted by atomic mass is 10.2. The maximum Gasteiger partial charge on any atom is 0.175 e. The summed E-state index contributed by atoms with van der Waals surface area (Å²) in [5.41, 5.74) is 1.20. The Morgan fingerprint density at radius 3 is 2.76 bits per heavy atom. The van der Waals surface area contributed by atoms with Gasteiger partial charge in [0.05, 0.1) is 17.7 Å². The highest BCUT2D eigenvalue weighted by Gasteiger charge is 2.16. The third-order valence-electron chi connectivity index (χ3n) is 3.69. The SMILES string of the molecule is Brc1cc(CNCCN2CCOCC2)cc2c1OCCO2. The lowest BCUT2D eigenvalue weighted by Crippen LogP contribution is -2.40. The van der Waals surface area contributed by atoms with E-state index in [2.05, 4.69) is 38.3 Å². The maximum absolute atomic E-state index is 5.64. The fraction of sp³-hybridized carbons (Fsp3) is 0.600. The molecule has 0 aliphatic carbocycles. The second kappa shape index (κ2) is 7.45. The Kier molecular flexibility index (Phi) is 5.35. The van der Waals surface area contributed by atoms with Crippen molar-refractivity contribution in [1.29, 1.82) is 0 Å². The summed E-state index contributed by atoms with van der Waals surface area (Å²) in [5, 5.41) is 3.48. The van der Waals surface area contributed by atoms with Crippen LogP contribution in [0.5, 0.6) is 11.5 Å². The van der Waals surface area contributed by atoms with Gasteiger partial charge in [-0.1, -0.05) is 0 Å². The zero-order chi connectivity index (χ0) is 14.5. The zero-order valence-electron chi connectivity index (χ0n) is 12.1. The van der Waals surface area contributed by atoms with Crippen LogP contribution in [-0.4, -0.2) is 57.5 Å². The highest BCUT2D eigenvalue weighted by molar-refractivity contribution is 9.10. The predicted octanol–water partition coefficient (Wildman–Crippen LogP) is 1.64. The topological polar surface area (TPSA) is 43.0 Å². The van der Waals surface area contributed by atoms with Crippen molar-refractivity contribution in [3.05, 3.63) is 22.2 Å².